The zero-order chi connectivity index (χ0) is 12.0. The van der Waals surface area contributed by atoms with Crippen molar-refractivity contribution >= 4 is 22.5 Å². The molecule has 3 rings (SSSR count). The maximum Gasteiger partial charge on any atom is 0.146 e. The highest BCUT2D eigenvalue weighted by atomic mass is 35.5. The Labute approximate surface area is 105 Å². The fourth-order valence-corrected chi connectivity index (χ4v) is 2.19. The lowest BCUT2D eigenvalue weighted by Crippen LogP contribution is -2.32. The van der Waals surface area contributed by atoms with Gasteiger partial charge in [-0.05, 0) is 44.0 Å². The molecule has 1 aliphatic rings. The van der Waals surface area contributed by atoms with Gasteiger partial charge in [0.25, 0.3) is 0 Å². The molecule has 0 aliphatic heterocycles. The van der Waals surface area contributed by atoms with Crippen molar-refractivity contribution in [3.05, 3.63) is 35.0 Å². The fourth-order valence-electron chi connectivity index (χ4n) is 2.01. The summed E-state index contributed by atoms with van der Waals surface area (Å²) < 4.78 is 0. The highest BCUT2D eigenvalue weighted by Crippen LogP contribution is 2.36. The van der Waals surface area contributed by atoms with Crippen molar-refractivity contribution in [1.82, 2.24) is 10.3 Å². The van der Waals surface area contributed by atoms with Crippen LogP contribution in [-0.2, 0) is 0 Å². The van der Waals surface area contributed by atoms with Crippen LogP contribution in [0, 0.1) is 0 Å². The summed E-state index contributed by atoms with van der Waals surface area (Å²) in [4.78, 5) is 3.20. The number of benzene rings is 1. The minimum Gasteiger partial charge on any atom is -0.373 e. The van der Waals surface area contributed by atoms with Crippen LogP contribution >= 0.6 is 11.6 Å². The summed E-state index contributed by atoms with van der Waals surface area (Å²) in [5, 5.41) is 15.0. The monoisotopic (exact) mass is 250 g/mol. The van der Waals surface area contributed by atoms with E-state index in [9.17, 15) is 5.11 Å². The molecule has 0 radical (unpaired) electrons. The van der Waals surface area contributed by atoms with Crippen molar-refractivity contribution in [2.24, 2.45) is 0 Å². The molecule has 3 N–H and O–H groups in total. The standard InChI is InChI=1S/C13H15ClN2O/c1-13(4-5-13)16-12(17)11-7-8-6-9(14)2-3-10(8)15-11/h2-3,6-7,12,15-17H,4-5H2,1H3. The quantitative estimate of drug-likeness (QED) is 0.734. The molecule has 4 heteroatoms. The van der Waals surface area contributed by atoms with Crippen LogP contribution in [0.5, 0.6) is 0 Å². The molecule has 1 aliphatic carbocycles. The van der Waals surface area contributed by atoms with Gasteiger partial charge in [0.05, 0.1) is 5.69 Å². The summed E-state index contributed by atoms with van der Waals surface area (Å²) in [7, 11) is 0. The van der Waals surface area contributed by atoms with E-state index in [1.807, 2.05) is 24.3 Å². The molecule has 0 bridgehead atoms. The Kier molecular flexibility index (Phi) is 2.43. The fraction of sp³-hybridized carbons (Fsp3) is 0.385. The van der Waals surface area contributed by atoms with E-state index in [2.05, 4.69) is 17.2 Å². The maximum absolute atomic E-state index is 10.1. The molecular weight excluding hydrogens is 236 g/mol. The van der Waals surface area contributed by atoms with Gasteiger partial charge in [0.1, 0.15) is 6.23 Å². The Bertz CT molecular complexity index is 560. The number of hydrogen-bond acceptors (Lipinski definition) is 2. The predicted molar refractivity (Wildman–Crippen MR) is 69.0 cm³/mol. The molecule has 1 aromatic carbocycles. The van der Waals surface area contributed by atoms with E-state index in [0.29, 0.717) is 5.02 Å². The number of halogens is 1. The first-order valence-electron chi connectivity index (χ1n) is 5.80. The minimum absolute atomic E-state index is 0.106. The minimum atomic E-state index is -0.645. The number of fused-ring (bicyclic) bond motifs is 1. The lowest BCUT2D eigenvalue weighted by atomic mass is 10.2. The Balaban J connectivity index is 1.89. The number of nitrogens with one attached hydrogen (secondary N) is 2. The van der Waals surface area contributed by atoms with Gasteiger partial charge < -0.3 is 10.1 Å². The van der Waals surface area contributed by atoms with Crippen LogP contribution in [0.15, 0.2) is 24.3 Å². The van der Waals surface area contributed by atoms with Gasteiger partial charge in [0.2, 0.25) is 0 Å². The number of rotatable bonds is 3. The van der Waals surface area contributed by atoms with E-state index >= 15 is 0 Å². The lowest BCUT2D eigenvalue weighted by Gasteiger charge is -2.16. The van der Waals surface area contributed by atoms with Crippen molar-refractivity contribution in [1.29, 1.82) is 0 Å². The summed E-state index contributed by atoms with van der Waals surface area (Å²) in [6.07, 6.45) is 1.60. The van der Waals surface area contributed by atoms with Crippen LogP contribution in [0.2, 0.25) is 5.02 Å². The van der Waals surface area contributed by atoms with Gasteiger partial charge in [-0.25, -0.2) is 0 Å². The second kappa shape index (κ2) is 3.73. The zero-order valence-corrected chi connectivity index (χ0v) is 10.4. The van der Waals surface area contributed by atoms with Crippen LogP contribution in [0.25, 0.3) is 10.9 Å². The van der Waals surface area contributed by atoms with Crippen molar-refractivity contribution in [3.8, 4) is 0 Å². The van der Waals surface area contributed by atoms with Gasteiger partial charge in [-0.1, -0.05) is 11.6 Å². The van der Waals surface area contributed by atoms with Crippen LogP contribution in [0.1, 0.15) is 31.7 Å². The van der Waals surface area contributed by atoms with E-state index < -0.39 is 6.23 Å². The highest BCUT2D eigenvalue weighted by molar-refractivity contribution is 6.31. The van der Waals surface area contributed by atoms with Crippen LogP contribution < -0.4 is 5.32 Å². The van der Waals surface area contributed by atoms with Gasteiger partial charge in [-0.2, -0.15) is 0 Å². The van der Waals surface area contributed by atoms with E-state index in [1.165, 1.54) is 0 Å². The van der Waals surface area contributed by atoms with E-state index in [4.69, 9.17) is 11.6 Å². The molecule has 1 aromatic heterocycles. The van der Waals surface area contributed by atoms with Crippen molar-refractivity contribution in [3.63, 3.8) is 0 Å². The van der Waals surface area contributed by atoms with Gasteiger partial charge in [-0.3, -0.25) is 5.32 Å². The zero-order valence-electron chi connectivity index (χ0n) is 9.63. The Morgan fingerprint density at radius 3 is 2.88 bits per heavy atom. The molecule has 3 nitrogen and oxygen atoms in total. The lowest BCUT2D eigenvalue weighted by molar-refractivity contribution is 0.118. The first kappa shape index (κ1) is 11.1. The molecule has 0 saturated heterocycles. The molecular formula is C13H15ClN2O. The van der Waals surface area contributed by atoms with Crippen LogP contribution in [0.4, 0.5) is 0 Å². The maximum atomic E-state index is 10.1. The largest absolute Gasteiger partial charge is 0.373 e. The molecule has 1 heterocycles. The summed E-state index contributed by atoms with van der Waals surface area (Å²) >= 11 is 5.93. The van der Waals surface area contributed by atoms with Crippen LogP contribution in [0.3, 0.4) is 0 Å². The van der Waals surface area contributed by atoms with Crippen molar-refractivity contribution in [2.45, 2.75) is 31.5 Å². The normalized spacial score (nSPS) is 19.5. The second-order valence-electron chi connectivity index (χ2n) is 5.06. The number of hydrogen-bond donors (Lipinski definition) is 3. The van der Waals surface area contributed by atoms with E-state index in [0.717, 1.165) is 29.4 Å². The predicted octanol–water partition coefficient (Wildman–Crippen LogP) is 2.95. The van der Waals surface area contributed by atoms with E-state index in [1.54, 1.807) is 0 Å². The Hall–Kier alpha value is -1.03. The van der Waals surface area contributed by atoms with Crippen LogP contribution in [-0.4, -0.2) is 15.6 Å². The SMILES string of the molecule is CC1(NC(O)c2cc3cc(Cl)ccc3[nH]2)CC1. The average Bonchev–Trinajstić information content (AvgIpc) is 2.85. The third-order valence-electron chi connectivity index (χ3n) is 3.38. The highest BCUT2D eigenvalue weighted by Gasteiger charge is 2.38. The topological polar surface area (TPSA) is 48.0 Å². The third-order valence-corrected chi connectivity index (χ3v) is 3.62. The Morgan fingerprint density at radius 1 is 1.41 bits per heavy atom. The summed E-state index contributed by atoms with van der Waals surface area (Å²) in [5.74, 6) is 0. The van der Waals surface area contributed by atoms with Crippen molar-refractivity contribution < 1.29 is 5.11 Å². The second-order valence-corrected chi connectivity index (χ2v) is 5.50. The Morgan fingerprint density at radius 2 is 2.18 bits per heavy atom. The molecule has 0 amide bonds. The first-order valence-corrected chi connectivity index (χ1v) is 6.17. The van der Waals surface area contributed by atoms with Gasteiger partial charge in [0, 0.05) is 21.5 Å². The molecule has 0 spiro atoms. The molecule has 1 fully saturated rings. The molecule has 90 valence electrons. The number of aromatic nitrogens is 1. The molecule has 17 heavy (non-hydrogen) atoms. The van der Waals surface area contributed by atoms with Crippen molar-refractivity contribution in [2.75, 3.05) is 0 Å². The smallest absolute Gasteiger partial charge is 0.146 e. The summed E-state index contributed by atoms with van der Waals surface area (Å²) in [6, 6.07) is 7.59. The number of aliphatic hydroxyl groups is 1. The summed E-state index contributed by atoms with van der Waals surface area (Å²) in [5.41, 5.74) is 1.88. The summed E-state index contributed by atoms with van der Waals surface area (Å²) in [6.45, 7) is 2.12. The first-order chi connectivity index (χ1) is 8.06. The van der Waals surface area contributed by atoms with Gasteiger partial charge in [-0.15, -0.1) is 0 Å². The van der Waals surface area contributed by atoms with Gasteiger partial charge in [0.15, 0.2) is 0 Å². The number of aliphatic hydroxyl groups excluding tert-OH is 1. The molecule has 2 aromatic rings. The molecule has 1 atom stereocenters. The molecule has 1 saturated carbocycles. The average molecular weight is 251 g/mol. The van der Waals surface area contributed by atoms with E-state index in [-0.39, 0.29) is 5.54 Å². The van der Waals surface area contributed by atoms with Gasteiger partial charge >= 0.3 is 0 Å². The number of H-pyrrole nitrogens is 1. The number of aromatic amines is 1. The molecule has 1 unspecified atom stereocenters. The third kappa shape index (κ3) is 2.18.